The molecular formula is C27H32N2O4. The fraction of sp³-hybridized carbons (Fsp3) is 0.407. The first-order chi connectivity index (χ1) is 15.8. The Labute approximate surface area is 194 Å². The van der Waals surface area contributed by atoms with Crippen molar-refractivity contribution in [2.24, 2.45) is 0 Å². The average molecular weight is 449 g/mol. The van der Waals surface area contributed by atoms with Gasteiger partial charge in [0.25, 0.3) is 0 Å². The van der Waals surface area contributed by atoms with Crippen LogP contribution in [0, 0.1) is 27.7 Å². The number of methoxy groups -OCH3 is 1. The molecule has 0 radical (unpaired) electrons. The zero-order valence-electron chi connectivity index (χ0n) is 20.2. The molecule has 0 atom stereocenters. The third-order valence-electron chi connectivity index (χ3n) is 7.01. The number of ether oxygens (including phenoxy) is 1. The Hall–Kier alpha value is -3.28. The summed E-state index contributed by atoms with van der Waals surface area (Å²) in [5.41, 5.74) is 6.26. The lowest BCUT2D eigenvalue weighted by atomic mass is 10.00. The van der Waals surface area contributed by atoms with E-state index in [0.29, 0.717) is 42.8 Å². The van der Waals surface area contributed by atoms with Crippen LogP contribution in [0.1, 0.15) is 34.2 Å². The molecule has 4 rings (SSSR count). The van der Waals surface area contributed by atoms with E-state index in [0.717, 1.165) is 29.6 Å². The maximum absolute atomic E-state index is 12.9. The van der Waals surface area contributed by atoms with Gasteiger partial charge in [-0.2, -0.15) is 0 Å². The Morgan fingerprint density at radius 1 is 0.970 bits per heavy atom. The second-order valence-corrected chi connectivity index (χ2v) is 8.85. The highest BCUT2D eigenvalue weighted by atomic mass is 16.5. The average Bonchev–Trinajstić information content (AvgIpc) is 2.81. The lowest BCUT2D eigenvalue weighted by Crippen LogP contribution is -2.49. The predicted octanol–water partition coefficient (Wildman–Crippen LogP) is 4.32. The minimum Gasteiger partial charge on any atom is -0.496 e. The minimum atomic E-state index is -0.371. The third-order valence-corrected chi connectivity index (χ3v) is 7.01. The van der Waals surface area contributed by atoms with Crippen LogP contribution in [0.4, 0.5) is 5.69 Å². The Balaban J connectivity index is 1.43. The second-order valence-electron chi connectivity index (χ2n) is 8.85. The van der Waals surface area contributed by atoms with Gasteiger partial charge in [-0.15, -0.1) is 0 Å². The smallest absolute Gasteiger partial charge is 0.339 e. The van der Waals surface area contributed by atoms with E-state index in [4.69, 9.17) is 9.15 Å². The fourth-order valence-electron chi connectivity index (χ4n) is 4.75. The van der Waals surface area contributed by atoms with Crippen LogP contribution >= 0.6 is 0 Å². The fourth-order valence-corrected chi connectivity index (χ4v) is 4.75. The monoisotopic (exact) mass is 448 g/mol. The summed E-state index contributed by atoms with van der Waals surface area (Å²) in [7, 11) is 1.60. The number of amides is 1. The molecule has 1 aliphatic rings. The van der Waals surface area contributed by atoms with Gasteiger partial charge in [-0.3, -0.25) is 4.79 Å². The van der Waals surface area contributed by atoms with E-state index in [-0.39, 0.29) is 11.5 Å². The molecule has 3 aromatic rings. The van der Waals surface area contributed by atoms with Crippen LogP contribution in [0.5, 0.6) is 5.75 Å². The van der Waals surface area contributed by atoms with Gasteiger partial charge in [0.15, 0.2) is 0 Å². The SMILES string of the molecule is COc1ccc2c(C)c(CCC(=O)N3CCN(c4cccc(C)c4C)CC3)c(=O)oc2c1C. The van der Waals surface area contributed by atoms with Gasteiger partial charge < -0.3 is 19.0 Å². The molecule has 1 fully saturated rings. The Morgan fingerprint density at radius 3 is 2.39 bits per heavy atom. The maximum Gasteiger partial charge on any atom is 0.339 e. The van der Waals surface area contributed by atoms with Crippen LogP contribution in [-0.4, -0.2) is 44.1 Å². The van der Waals surface area contributed by atoms with Crippen molar-refractivity contribution >= 4 is 22.6 Å². The Morgan fingerprint density at radius 2 is 1.70 bits per heavy atom. The number of fused-ring (bicyclic) bond motifs is 1. The summed E-state index contributed by atoms with van der Waals surface area (Å²) in [5, 5.41) is 0.887. The predicted molar refractivity (Wildman–Crippen MR) is 132 cm³/mol. The Bertz CT molecular complexity index is 1250. The van der Waals surface area contributed by atoms with Crippen molar-refractivity contribution in [1.82, 2.24) is 4.90 Å². The lowest BCUT2D eigenvalue weighted by molar-refractivity contribution is -0.131. The van der Waals surface area contributed by atoms with Crippen molar-refractivity contribution < 1.29 is 13.9 Å². The van der Waals surface area contributed by atoms with E-state index in [9.17, 15) is 9.59 Å². The molecule has 0 unspecified atom stereocenters. The summed E-state index contributed by atoms with van der Waals surface area (Å²) < 4.78 is 11.0. The highest BCUT2D eigenvalue weighted by molar-refractivity contribution is 5.86. The third kappa shape index (κ3) is 4.34. The molecule has 2 aromatic carbocycles. The van der Waals surface area contributed by atoms with Crippen molar-refractivity contribution in [2.75, 3.05) is 38.2 Å². The van der Waals surface area contributed by atoms with Gasteiger partial charge in [0.2, 0.25) is 5.91 Å². The first kappa shape index (κ1) is 22.9. The zero-order chi connectivity index (χ0) is 23.7. The van der Waals surface area contributed by atoms with Crippen molar-refractivity contribution in [3.8, 4) is 5.75 Å². The number of benzene rings is 2. The normalized spacial score (nSPS) is 14.1. The van der Waals surface area contributed by atoms with Gasteiger partial charge >= 0.3 is 5.63 Å². The topological polar surface area (TPSA) is 63.0 Å². The molecule has 2 heterocycles. The first-order valence-corrected chi connectivity index (χ1v) is 11.5. The molecular weight excluding hydrogens is 416 g/mol. The van der Waals surface area contributed by atoms with Crippen LogP contribution in [-0.2, 0) is 11.2 Å². The van der Waals surface area contributed by atoms with Crippen LogP contribution in [0.25, 0.3) is 11.0 Å². The molecule has 0 N–H and O–H groups in total. The van der Waals surface area contributed by atoms with E-state index in [1.807, 2.05) is 30.9 Å². The summed E-state index contributed by atoms with van der Waals surface area (Å²) in [6.07, 6.45) is 0.681. The van der Waals surface area contributed by atoms with Gasteiger partial charge in [0, 0.05) is 54.8 Å². The minimum absolute atomic E-state index is 0.0837. The maximum atomic E-state index is 12.9. The van der Waals surface area contributed by atoms with Crippen LogP contribution in [0.2, 0.25) is 0 Å². The van der Waals surface area contributed by atoms with E-state index >= 15 is 0 Å². The Kier molecular flexibility index (Phi) is 6.45. The lowest BCUT2D eigenvalue weighted by Gasteiger charge is -2.37. The molecule has 6 nitrogen and oxygen atoms in total. The number of nitrogens with zero attached hydrogens (tertiary/aromatic N) is 2. The quantitative estimate of drug-likeness (QED) is 0.544. The summed E-state index contributed by atoms with van der Waals surface area (Å²) >= 11 is 0. The van der Waals surface area contributed by atoms with Gasteiger partial charge in [-0.1, -0.05) is 12.1 Å². The molecule has 1 saturated heterocycles. The van der Waals surface area contributed by atoms with Crippen molar-refractivity contribution in [3.05, 3.63) is 68.6 Å². The molecule has 1 amide bonds. The summed E-state index contributed by atoms with van der Waals surface area (Å²) in [5.74, 6) is 0.772. The number of rotatable bonds is 5. The molecule has 0 spiro atoms. The summed E-state index contributed by atoms with van der Waals surface area (Å²) in [6.45, 7) is 11.1. The van der Waals surface area contributed by atoms with E-state index in [2.05, 4.69) is 36.9 Å². The molecule has 0 saturated carbocycles. The van der Waals surface area contributed by atoms with E-state index < -0.39 is 0 Å². The molecule has 0 bridgehead atoms. The first-order valence-electron chi connectivity index (χ1n) is 11.5. The van der Waals surface area contributed by atoms with Crippen LogP contribution in [0.15, 0.2) is 39.5 Å². The standard InChI is InChI=1S/C27H32N2O4/c1-17-7-6-8-23(18(17)2)28-13-15-29(16-14-28)25(30)12-10-22-19(3)21-9-11-24(32-5)20(4)26(21)33-27(22)31/h6-9,11H,10,12-16H2,1-5H3. The number of carbonyl (C=O) groups is 1. The van der Waals surface area contributed by atoms with Gasteiger partial charge in [-0.05, 0) is 69.0 Å². The second kappa shape index (κ2) is 9.30. The number of aryl methyl sites for hydroxylation is 3. The van der Waals surface area contributed by atoms with Crippen LogP contribution < -0.4 is 15.3 Å². The van der Waals surface area contributed by atoms with Gasteiger partial charge in [0.05, 0.1) is 7.11 Å². The number of hydrogen-bond donors (Lipinski definition) is 0. The summed E-state index contributed by atoms with van der Waals surface area (Å²) in [6, 6.07) is 10.2. The molecule has 174 valence electrons. The number of hydrogen-bond acceptors (Lipinski definition) is 5. The van der Waals surface area contributed by atoms with Crippen molar-refractivity contribution in [2.45, 2.75) is 40.5 Å². The highest BCUT2D eigenvalue weighted by Gasteiger charge is 2.23. The molecule has 1 aromatic heterocycles. The van der Waals surface area contributed by atoms with Crippen molar-refractivity contribution in [3.63, 3.8) is 0 Å². The number of carbonyl (C=O) groups excluding carboxylic acids is 1. The van der Waals surface area contributed by atoms with Crippen molar-refractivity contribution in [1.29, 1.82) is 0 Å². The van der Waals surface area contributed by atoms with Crippen LogP contribution in [0.3, 0.4) is 0 Å². The van der Waals surface area contributed by atoms with E-state index in [1.54, 1.807) is 7.11 Å². The van der Waals surface area contributed by atoms with Gasteiger partial charge in [0.1, 0.15) is 11.3 Å². The molecule has 33 heavy (non-hydrogen) atoms. The molecule has 0 aliphatic carbocycles. The van der Waals surface area contributed by atoms with Gasteiger partial charge in [-0.25, -0.2) is 4.79 Å². The highest BCUT2D eigenvalue weighted by Crippen LogP contribution is 2.29. The van der Waals surface area contributed by atoms with E-state index in [1.165, 1.54) is 16.8 Å². The molecule has 6 heteroatoms. The number of anilines is 1. The largest absolute Gasteiger partial charge is 0.496 e. The summed E-state index contributed by atoms with van der Waals surface area (Å²) in [4.78, 5) is 29.9. The molecule has 1 aliphatic heterocycles. The zero-order valence-corrected chi connectivity index (χ0v) is 20.2. The number of piperazine rings is 1.